The minimum atomic E-state index is -0.0396. The van der Waals surface area contributed by atoms with Crippen LogP contribution in [-0.2, 0) is 0 Å². The lowest BCUT2D eigenvalue weighted by Gasteiger charge is -2.31. The standard InChI is InChI=1S/C28H29N3/c1-18-7-3-6-10-25(18)28-14-13-23(16-24(28)17-28)27-30-19(2)29-26(31-27)22-12-11-20-8-4-5-9-21(20)15-22/h3-6,8-16,18-19,24,26,29H,7,17H2,1-2H3,(H,30,31). The molecule has 4 aliphatic rings. The van der Waals surface area contributed by atoms with Crippen molar-refractivity contribution in [1.29, 1.82) is 0 Å². The smallest absolute Gasteiger partial charge is 0.131 e. The van der Waals surface area contributed by atoms with Gasteiger partial charge in [-0.1, -0.05) is 85.4 Å². The van der Waals surface area contributed by atoms with Crippen molar-refractivity contribution in [2.24, 2.45) is 22.2 Å². The van der Waals surface area contributed by atoms with Crippen molar-refractivity contribution >= 4 is 16.6 Å². The first-order valence-electron chi connectivity index (χ1n) is 11.5. The molecular formula is C28H29N3. The largest absolute Gasteiger partial charge is 0.355 e. The predicted molar refractivity (Wildman–Crippen MR) is 129 cm³/mol. The van der Waals surface area contributed by atoms with E-state index in [1.807, 2.05) is 0 Å². The van der Waals surface area contributed by atoms with Gasteiger partial charge in [0.25, 0.3) is 0 Å². The van der Waals surface area contributed by atoms with Crippen molar-refractivity contribution < 1.29 is 0 Å². The molecular weight excluding hydrogens is 378 g/mol. The van der Waals surface area contributed by atoms with Crippen molar-refractivity contribution in [3.8, 4) is 0 Å². The molecule has 1 saturated carbocycles. The van der Waals surface area contributed by atoms with Crippen LogP contribution < -0.4 is 10.6 Å². The third kappa shape index (κ3) is 3.19. The van der Waals surface area contributed by atoms with Crippen LogP contribution in [0.5, 0.6) is 0 Å². The number of hydrogen-bond donors (Lipinski definition) is 2. The highest BCUT2D eigenvalue weighted by Crippen LogP contribution is 2.64. The van der Waals surface area contributed by atoms with Crippen LogP contribution in [0.25, 0.3) is 10.8 Å². The van der Waals surface area contributed by atoms with Crippen LogP contribution >= 0.6 is 0 Å². The number of aliphatic imine (C=N–C) groups is 1. The molecule has 1 heterocycles. The van der Waals surface area contributed by atoms with Crippen molar-refractivity contribution in [3.05, 3.63) is 95.6 Å². The Bertz CT molecular complexity index is 1200. The number of benzene rings is 2. The van der Waals surface area contributed by atoms with Gasteiger partial charge in [0.15, 0.2) is 0 Å². The van der Waals surface area contributed by atoms with E-state index in [1.54, 1.807) is 5.57 Å². The quantitative estimate of drug-likeness (QED) is 0.674. The molecule has 2 N–H and O–H groups in total. The van der Waals surface area contributed by atoms with Crippen molar-refractivity contribution in [3.63, 3.8) is 0 Å². The number of amidine groups is 1. The Morgan fingerprint density at radius 3 is 2.77 bits per heavy atom. The number of allylic oxidation sites excluding steroid dienone is 6. The van der Waals surface area contributed by atoms with E-state index in [2.05, 4.69) is 103 Å². The molecule has 0 spiro atoms. The van der Waals surface area contributed by atoms with Crippen LogP contribution in [0.1, 0.15) is 38.4 Å². The van der Waals surface area contributed by atoms with Crippen LogP contribution in [-0.4, -0.2) is 12.0 Å². The molecule has 31 heavy (non-hydrogen) atoms. The highest BCUT2D eigenvalue weighted by molar-refractivity contribution is 6.02. The number of rotatable bonds is 3. The van der Waals surface area contributed by atoms with E-state index < -0.39 is 0 Å². The first-order valence-corrected chi connectivity index (χ1v) is 11.5. The minimum absolute atomic E-state index is 0.0396. The Balaban J connectivity index is 1.29. The van der Waals surface area contributed by atoms with Crippen LogP contribution in [0.4, 0.5) is 0 Å². The fraction of sp³-hybridized carbons (Fsp3) is 0.321. The molecule has 0 bridgehead atoms. The summed E-state index contributed by atoms with van der Waals surface area (Å²) in [5, 5.41) is 9.67. The molecule has 6 rings (SSSR count). The van der Waals surface area contributed by atoms with Gasteiger partial charge in [0.1, 0.15) is 12.0 Å². The fourth-order valence-electron chi connectivity index (χ4n) is 5.55. The second kappa shape index (κ2) is 7.06. The maximum absolute atomic E-state index is 5.09. The number of hydrogen-bond acceptors (Lipinski definition) is 3. The van der Waals surface area contributed by atoms with E-state index in [-0.39, 0.29) is 17.7 Å². The number of nitrogens with one attached hydrogen (secondary N) is 2. The molecule has 2 aromatic carbocycles. The van der Waals surface area contributed by atoms with E-state index in [1.165, 1.54) is 28.3 Å². The van der Waals surface area contributed by atoms with Gasteiger partial charge in [0, 0.05) is 11.0 Å². The Labute approximate surface area is 184 Å². The molecule has 0 aromatic heterocycles. The molecule has 1 aliphatic heterocycles. The molecule has 3 heteroatoms. The first-order chi connectivity index (χ1) is 15.1. The highest BCUT2D eigenvalue weighted by atomic mass is 15.3. The van der Waals surface area contributed by atoms with Gasteiger partial charge in [-0.2, -0.15) is 0 Å². The summed E-state index contributed by atoms with van der Waals surface area (Å²) in [6.45, 7) is 4.53. The van der Waals surface area contributed by atoms with E-state index >= 15 is 0 Å². The van der Waals surface area contributed by atoms with E-state index in [4.69, 9.17) is 4.99 Å². The summed E-state index contributed by atoms with van der Waals surface area (Å²) in [6, 6.07) is 15.2. The van der Waals surface area contributed by atoms with E-state index in [9.17, 15) is 0 Å². The van der Waals surface area contributed by atoms with Gasteiger partial charge in [-0.3, -0.25) is 5.32 Å². The summed E-state index contributed by atoms with van der Waals surface area (Å²) in [4.78, 5) is 5.09. The summed E-state index contributed by atoms with van der Waals surface area (Å²) in [5.74, 6) is 2.24. The zero-order chi connectivity index (χ0) is 21.0. The van der Waals surface area contributed by atoms with Crippen molar-refractivity contribution in [2.75, 3.05) is 0 Å². The van der Waals surface area contributed by atoms with Crippen LogP contribution in [0.15, 0.2) is 95.1 Å². The average molecular weight is 408 g/mol. The third-order valence-corrected chi connectivity index (χ3v) is 7.35. The molecule has 0 amide bonds. The van der Waals surface area contributed by atoms with Gasteiger partial charge >= 0.3 is 0 Å². The van der Waals surface area contributed by atoms with Gasteiger partial charge in [0.2, 0.25) is 0 Å². The topological polar surface area (TPSA) is 36.4 Å². The molecule has 5 atom stereocenters. The Morgan fingerprint density at radius 1 is 1.06 bits per heavy atom. The summed E-state index contributed by atoms with van der Waals surface area (Å²) < 4.78 is 0. The maximum atomic E-state index is 5.09. The SMILES string of the molecule is CC1NC(C2=CC3CC3(C3=CC=CCC3C)C=C2)=NC(c2ccc3ccccc3c2)N1. The Kier molecular flexibility index (Phi) is 4.29. The average Bonchev–Trinajstić information content (AvgIpc) is 3.53. The first kappa shape index (κ1) is 18.8. The predicted octanol–water partition coefficient (Wildman–Crippen LogP) is 5.80. The van der Waals surface area contributed by atoms with E-state index in [0.29, 0.717) is 11.8 Å². The third-order valence-electron chi connectivity index (χ3n) is 7.35. The molecule has 2 aromatic rings. The van der Waals surface area contributed by atoms with Gasteiger partial charge in [-0.15, -0.1) is 0 Å². The second-order valence-electron chi connectivity index (χ2n) is 9.51. The van der Waals surface area contributed by atoms with Crippen molar-refractivity contribution in [1.82, 2.24) is 10.6 Å². The molecule has 3 aliphatic carbocycles. The molecule has 0 saturated heterocycles. The van der Waals surface area contributed by atoms with Gasteiger partial charge < -0.3 is 5.32 Å². The monoisotopic (exact) mass is 407 g/mol. The van der Waals surface area contributed by atoms with Crippen LogP contribution in [0.2, 0.25) is 0 Å². The molecule has 156 valence electrons. The Hall–Kier alpha value is -2.91. The zero-order valence-corrected chi connectivity index (χ0v) is 18.2. The van der Waals surface area contributed by atoms with Crippen LogP contribution in [0, 0.1) is 17.3 Å². The fourth-order valence-corrected chi connectivity index (χ4v) is 5.55. The summed E-state index contributed by atoms with van der Waals surface area (Å²) >= 11 is 0. The van der Waals surface area contributed by atoms with Gasteiger partial charge in [-0.25, -0.2) is 4.99 Å². The molecule has 1 fully saturated rings. The number of fused-ring (bicyclic) bond motifs is 2. The lowest BCUT2D eigenvalue weighted by Crippen LogP contribution is -2.49. The summed E-state index contributed by atoms with van der Waals surface area (Å²) in [5.41, 5.74) is 4.30. The molecule has 5 unspecified atom stereocenters. The normalized spacial score (nSPS) is 33.8. The summed E-state index contributed by atoms with van der Waals surface area (Å²) in [6.07, 6.45) is 16.6. The molecule has 3 nitrogen and oxygen atoms in total. The zero-order valence-electron chi connectivity index (χ0n) is 18.2. The molecule has 0 radical (unpaired) electrons. The number of nitrogens with zero attached hydrogens (tertiary/aromatic N) is 1. The second-order valence-corrected chi connectivity index (χ2v) is 9.51. The Morgan fingerprint density at radius 2 is 1.94 bits per heavy atom. The van der Waals surface area contributed by atoms with E-state index in [0.717, 1.165) is 12.3 Å². The van der Waals surface area contributed by atoms with Gasteiger partial charge in [0.05, 0.1) is 6.17 Å². The highest BCUT2D eigenvalue weighted by Gasteiger charge is 2.55. The lowest BCUT2D eigenvalue weighted by atomic mass is 9.78. The minimum Gasteiger partial charge on any atom is -0.355 e. The lowest BCUT2D eigenvalue weighted by molar-refractivity contribution is 0.422. The van der Waals surface area contributed by atoms with Crippen LogP contribution in [0.3, 0.4) is 0 Å². The summed E-state index contributed by atoms with van der Waals surface area (Å²) in [7, 11) is 0. The maximum Gasteiger partial charge on any atom is 0.131 e. The van der Waals surface area contributed by atoms with Gasteiger partial charge in [-0.05, 0) is 54.0 Å². The van der Waals surface area contributed by atoms with Crippen molar-refractivity contribution in [2.45, 2.75) is 39.0 Å².